The lowest BCUT2D eigenvalue weighted by molar-refractivity contribution is -0.139. The quantitative estimate of drug-likeness (QED) is 0.164. The van der Waals surface area contributed by atoms with Crippen molar-refractivity contribution in [2.45, 2.75) is 6.92 Å². The van der Waals surface area contributed by atoms with E-state index in [0.29, 0.717) is 78.4 Å². The Labute approximate surface area is 195 Å². The summed E-state index contributed by atoms with van der Waals surface area (Å²) in [6, 6.07) is 7.14. The molecule has 0 fully saturated rings. The van der Waals surface area contributed by atoms with Crippen molar-refractivity contribution >= 4 is 17.6 Å². The molecule has 0 saturated heterocycles. The Bertz CT molecular complexity index is 652. The molecule has 10 nitrogen and oxygen atoms in total. The zero-order chi connectivity index (χ0) is 24.0. The Kier molecular flexibility index (Phi) is 17.4. The molecule has 33 heavy (non-hydrogen) atoms. The van der Waals surface area contributed by atoms with E-state index in [1.807, 2.05) is 0 Å². The summed E-state index contributed by atoms with van der Waals surface area (Å²) in [6.45, 7) is 9.88. The molecule has 10 heteroatoms. The Morgan fingerprint density at radius 3 is 1.58 bits per heavy atom. The van der Waals surface area contributed by atoms with Gasteiger partial charge in [-0.3, -0.25) is 4.79 Å². The predicted octanol–water partition coefficient (Wildman–Crippen LogP) is 1.84. The second kappa shape index (κ2) is 20.1. The average molecular weight is 470 g/mol. The molecule has 0 aliphatic heterocycles. The molecule has 0 unspecified atom stereocenters. The summed E-state index contributed by atoms with van der Waals surface area (Å²) in [5, 5.41) is 2.70. The molecule has 0 radical (unpaired) electrons. The van der Waals surface area contributed by atoms with Crippen LogP contribution in [0.4, 0.5) is 5.69 Å². The zero-order valence-electron chi connectivity index (χ0n) is 19.3. The van der Waals surface area contributed by atoms with E-state index in [9.17, 15) is 9.59 Å². The summed E-state index contributed by atoms with van der Waals surface area (Å²) in [6.07, 6.45) is 1.11. The smallest absolute Gasteiger partial charge is 0.330 e. The molecule has 0 spiro atoms. The van der Waals surface area contributed by atoms with E-state index >= 15 is 0 Å². The Morgan fingerprint density at radius 2 is 1.15 bits per heavy atom. The number of benzene rings is 1. The summed E-state index contributed by atoms with van der Waals surface area (Å²) in [4.78, 5) is 21.8. The lowest BCUT2D eigenvalue weighted by atomic mass is 10.3. The number of carbonyl (C=O) groups excluding carboxylic acids is 2. The van der Waals surface area contributed by atoms with Crippen molar-refractivity contribution in [2.75, 3.05) is 84.6 Å². The minimum absolute atomic E-state index is 0.110. The summed E-state index contributed by atoms with van der Waals surface area (Å²) in [7, 11) is 0. The number of carbonyl (C=O) groups is 2. The van der Waals surface area contributed by atoms with Crippen LogP contribution in [0.1, 0.15) is 6.92 Å². The van der Waals surface area contributed by atoms with Gasteiger partial charge in [0.05, 0.1) is 66.1 Å². The van der Waals surface area contributed by atoms with Gasteiger partial charge in [-0.15, -0.1) is 0 Å². The number of anilines is 1. The van der Waals surface area contributed by atoms with Gasteiger partial charge in [-0.25, -0.2) is 4.79 Å². The first kappa shape index (κ1) is 28.5. The molecule has 0 saturated carbocycles. The van der Waals surface area contributed by atoms with Crippen LogP contribution in [0.25, 0.3) is 0 Å². The van der Waals surface area contributed by atoms with E-state index in [-0.39, 0.29) is 12.5 Å². The number of nitrogens with one attached hydrogen (secondary N) is 1. The fourth-order valence-corrected chi connectivity index (χ4v) is 2.30. The van der Waals surface area contributed by atoms with Crippen LogP contribution < -0.4 is 10.1 Å². The van der Waals surface area contributed by atoms with Crippen LogP contribution in [0.5, 0.6) is 5.75 Å². The second-order valence-corrected chi connectivity index (χ2v) is 6.49. The van der Waals surface area contributed by atoms with Crippen LogP contribution in [-0.2, 0) is 38.0 Å². The van der Waals surface area contributed by atoms with Gasteiger partial charge in [-0.2, -0.15) is 0 Å². The Hall–Kier alpha value is -2.50. The molecule has 0 aliphatic carbocycles. The number of hydrogen-bond acceptors (Lipinski definition) is 9. The first-order valence-corrected chi connectivity index (χ1v) is 10.8. The van der Waals surface area contributed by atoms with Gasteiger partial charge < -0.3 is 38.5 Å². The van der Waals surface area contributed by atoms with Gasteiger partial charge in [0.25, 0.3) is 0 Å². The van der Waals surface area contributed by atoms with Gasteiger partial charge in [-0.1, -0.05) is 6.58 Å². The summed E-state index contributed by atoms with van der Waals surface area (Å²) < 4.78 is 37.2. The highest BCUT2D eigenvalue weighted by atomic mass is 16.6. The second-order valence-electron chi connectivity index (χ2n) is 6.49. The largest absolute Gasteiger partial charge is 0.491 e. The van der Waals surface area contributed by atoms with E-state index in [2.05, 4.69) is 11.9 Å². The first-order chi connectivity index (χ1) is 16.1. The summed E-state index contributed by atoms with van der Waals surface area (Å²) in [5.74, 6) is 0.141. The van der Waals surface area contributed by atoms with Crippen LogP contribution in [0.2, 0.25) is 0 Å². The van der Waals surface area contributed by atoms with Gasteiger partial charge in [-0.05, 0) is 24.3 Å². The van der Waals surface area contributed by atoms with Crippen molar-refractivity contribution in [2.24, 2.45) is 0 Å². The summed E-state index contributed by atoms with van der Waals surface area (Å²) in [5.41, 5.74) is 0.728. The molecule has 0 aliphatic rings. The van der Waals surface area contributed by atoms with Crippen LogP contribution in [-0.4, -0.2) is 91.2 Å². The molecule has 0 heterocycles. The number of hydrogen-bond donors (Lipinski definition) is 1. The van der Waals surface area contributed by atoms with Crippen molar-refractivity contribution in [1.29, 1.82) is 0 Å². The normalized spacial score (nSPS) is 10.6. The molecular formula is C23H35NO9. The Morgan fingerprint density at radius 1 is 0.727 bits per heavy atom. The standard InChI is InChI=1S/C23H35NO9/c1-3-23(26)33-19-17-31-15-13-29-11-9-27-8-10-28-12-14-30-16-18-32-22-6-4-21(5-7-22)24-20(2)25/h3-7H,1,8-19H2,2H3,(H,24,25). The lowest BCUT2D eigenvalue weighted by Gasteiger charge is -2.09. The SMILES string of the molecule is C=CC(=O)OCCOCCOCCOCCOCCOCCOc1ccc(NC(C)=O)cc1. The molecule has 1 amide bonds. The maximum absolute atomic E-state index is 11.0. The third kappa shape index (κ3) is 17.7. The number of amides is 1. The van der Waals surface area contributed by atoms with Gasteiger partial charge >= 0.3 is 5.97 Å². The molecular weight excluding hydrogens is 434 g/mol. The van der Waals surface area contributed by atoms with Gasteiger partial charge in [0.1, 0.15) is 19.0 Å². The highest BCUT2D eigenvalue weighted by Gasteiger charge is 1.98. The van der Waals surface area contributed by atoms with Gasteiger partial charge in [0.2, 0.25) is 5.91 Å². The van der Waals surface area contributed by atoms with Crippen LogP contribution in [0.15, 0.2) is 36.9 Å². The van der Waals surface area contributed by atoms with Crippen molar-refractivity contribution in [3.8, 4) is 5.75 Å². The first-order valence-electron chi connectivity index (χ1n) is 10.8. The third-order valence-corrected chi connectivity index (χ3v) is 3.80. The molecule has 1 aromatic rings. The van der Waals surface area contributed by atoms with Crippen molar-refractivity contribution in [3.05, 3.63) is 36.9 Å². The molecule has 1 aromatic carbocycles. The molecule has 0 atom stereocenters. The predicted molar refractivity (Wildman–Crippen MR) is 121 cm³/mol. The maximum atomic E-state index is 11.0. The van der Waals surface area contributed by atoms with Crippen molar-refractivity contribution in [1.82, 2.24) is 0 Å². The zero-order valence-corrected chi connectivity index (χ0v) is 19.3. The average Bonchev–Trinajstić information content (AvgIpc) is 2.81. The van der Waals surface area contributed by atoms with E-state index in [0.717, 1.165) is 11.8 Å². The number of rotatable bonds is 21. The Balaban J connectivity index is 1.77. The van der Waals surface area contributed by atoms with Gasteiger partial charge in [0, 0.05) is 18.7 Å². The van der Waals surface area contributed by atoms with E-state index < -0.39 is 5.97 Å². The van der Waals surface area contributed by atoms with E-state index in [1.165, 1.54) is 6.92 Å². The molecule has 1 rings (SSSR count). The van der Waals surface area contributed by atoms with Crippen molar-refractivity contribution < 1.29 is 42.7 Å². The molecule has 0 aromatic heterocycles. The maximum Gasteiger partial charge on any atom is 0.330 e. The van der Waals surface area contributed by atoms with E-state index in [4.69, 9.17) is 33.2 Å². The van der Waals surface area contributed by atoms with E-state index in [1.54, 1.807) is 24.3 Å². The van der Waals surface area contributed by atoms with Gasteiger partial charge in [0.15, 0.2) is 0 Å². The fourth-order valence-electron chi connectivity index (χ4n) is 2.30. The highest BCUT2D eigenvalue weighted by molar-refractivity contribution is 5.88. The third-order valence-electron chi connectivity index (χ3n) is 3.80. The number of ether oxygens (including phenoxy) is 7. The lowest BCUT2D eigenvalue weighted by Crippen LogP contribution is -2.15. The number of esters is 1. The van der Waals surface area contributed by atoms with Crippen molar-refractivity contribution in [3.63, 3.8) is 0 Å². The highest BCUT2D eigenvalue weighted by Crippen LogP contribution is 2.15. The summed E-state index contributed by atoms with van der Waals surface area (Å²) >= 11 is 0. The molecule has 186 valence electrons. The monoisotopic (exact) mass is 469 g/mol. The molecule has 1 N–H and O–H groups in total. The van der Waals surface area contributed by atoms with Crippen LogP contribution in [0.3, 0.4) is 0 Å². The topological polar surface area (TPSA) is 111 Å². The fraction of sp³-hybridized carbons (Fsp3) is 0.565. The molecule has 0 bridgehead atoms. The van der Waals surface area contributed by atoms with Crippen LogP contribution in [0, 0.1) is 0 Å². The minimum atomic E-state index is -0.460. The van der Waals surface area contributed by atoms with Crippen LogP contribution >= 0.6 is 0 Å². The minimum Gasteiger partial charge on any atom is -0.491 e.